The fourth-order valence-electron chi connectivity index (χ4n) is 1.76. The van der Waals surface area contributed by atoms with E-state index in [9.17, 15) is 25.2 Å². The van der Waals surface area contributed by atoms with Gasteiger partial charge in [-0.25, -0.2) is 14.3 Å². The monoisotopic (exact) mass is 289 g/mol. The van der Waals surface area contributed by atoms with Crippen LogP contribution in [0.4, 0.5) is 4.79 Å². The van der Waals surface area contributed by atoms with Gasteiger partial charge < -0.3 is 29.9 Å². The lowest BCUT2D eigenvalue weighted by atomic mass is 9.97. The number of rotatable bonds is 2. The lowest BCUT2D eigenvalue weighted by Gasteiger charge is -2.43. The minimum absolute atomic E-state index is 0.485. The van der Waals surface area contributed by atoms with Crippen LogP contribution in [0, 0.1) is 0 Å². The number of carbonyl (C=O) groups excluding carboxylic acids is 1. The van der Waals surface area contributed by atoms with Crippen molar-refractivity contribution in [3.8, 4) is 0 Å². The maximum Gasteiger partial charge on any atom is 0.419 e. The Bertz CT molecular complexity index is 463. The normalized spacial score (nSPS) is 37.6. The molecule has 0 saturated carbocycles. The molecule has 0 spiro atoms. The molecular formula is C10H15N3O7. The van der Waals surface area contributed by atoms with Gasteiger partial charge in [0.05, 0.1) is 0 Å². The van der Waals surface area contributed by atoms with E-state index in [2.05, 4.69) is 4.98 Å². The summed E-state index contributed by atoms with van der Waals surface area (Å²) in [6, 6.07) is 0. The second-order valence-electron chi connectivity index (χ2n) is 4.38. The Hall–Kier alpha value is -1.56. The van der Waals surface area contributed by atoms with E-state index in [-0.39, 0.29) is 0 Å². The quantitative estimate of drug-likeness (QED) is 0.356. The van der Waals surface area contributed by atoms with E-state index >= 15 is 0 Å². The van der Waals surface area contributed by atoms with Crippen molar-refractivity contribution >= 4 is 6.09 Å². The van der Waals surface area contributed by atoms with Gasteiger partial charge in [0.1, 0.15) is 31.2 Å². The minimum Gasteiger partial charge on any atom is -0.446 e. The molecule has 10 heteroatoms. The van der Waals surface area contributed by atoms with E-state index in [1.165, 1.54) is 18.7 Å². The third-order valence-corrected chi connectivity index (χ3v) is 2.90. The van der Waals surface area contributed by atoms with Gasteiger partial charge in [0.25, 0.3) is 5.91 Å². The first-order chi connectivity index (χ1) is 9.33. The molecule has 5 unspecified atom stereocenters. The van der Waals surface area contributed by atoms with E-state index in [1.54, 1.807) is 0 Å². The molecule has 1 saturated heterocycles. The van der Waals surface area contributed by atoms with Crippen LogP contribution in [-0.2, 0) is 9.47 Å². The number of aromatic nitrogens is 2. The summed E-state index contributed by atoms with van der Waals surface area (Å²) in [6.07, 6.45) is -3.38. The number of hydrogen-bond acceptors (Lipinski definition) is 9. The van der Waals surface area contributed by atoms with Crippen LogP contribution in [0.2, 0.25) is 0 Å². The molecule has 1 fully saturated rings. The molecule has 1 aromatic rings. The smallest absolute Gasteiger partial charge is 0.419 e. The fraction of sp³-hybridized carbons (Fsp3) is 0.600. The Balaban J connectivity index is 1.97. The molecule has 10 nitrogen and oxygen atoms in total. The Morgan fingerprint density at radius 1 is 1.45 bits per heavy atom. The first-order valence-corrected chi connectivity index (χ1v) is 5.71. The van der Waals surface area contributed by atoms with Gasteiger partial charge in [0.15, 0.2) is 6.10 Å². The number of aliphatic hydroxyl groups excluding tert-OH is 3. The molecule has 5 atom stereocenters. The average molecular weight is 289 g/mol. The number of nitrogens with two attached hydrogens (primary N) is 1. The summed E-state index contributed by atoms with van der Waals surface area (Å²) in [5.41, 5.74) is 5.22. The second kappa shape index (κ2) is 5.44. The van der Waals surface area contributed by atoms with E-state index in [4.69, 9.17) is 15.2 Å². The number of nitrogens with zero attached hydrogens (tertiary/aromatic N) is 2. The fourth-order valence-corrected chi connectivity index (χ4v) is 1.76. The van der Waals surface area contributed by atoms with Gasteiger partial charge in [-0.05, 0) is 0 Å². The summed E-state index contributed by atoms with van der Waals surface area (Å²) >= 11 is 0. The number of carbonyl (C=O) groups is 1. The topological polar surface area (TPSA) is 160 Å². The molecule has 0 aromatic carbocycles. The lowest BCUT2D eigenvalue weighted by Crippen LogP contribution is -2.69. The summed E-state index contributed by atoms with van der Waals surface area (Å²) in [4.78, 5) is 15.2. The molecule has 6 N–H and O–H groups in total. The molecule has 2 rings (SSSR count). The maximum atomic E-state index is 11.5. The second-order valence-corrected chi connectivity index (χ2v) is 4.38. The standard InChI is InChI=1S/C10H15N3O7/c11-10(18)8(16)7(15)6(14)5(20-10)3-19-9(17)13-2-1-12-4-13/h1-2,4-8,14-16,18H,3,11H2. The van der Waals surface area contributed by atoms with Crippen molar-refractivity contribution in [3.05, 3.63) is 18.7 Å². The zero-order chi connectivity index (χ0) is 14.9. The van der Waals surface area contributed by atoms with Crippen LogP contribution in [0.1, 0.15) is 0 Å². The lowest BCUT2D eigenvalue weighted by molar-refractivity contribution is -0.346. The highest BCUT2D eigenvalue weighted by molar-refractivity contribution is 5.69. The van der Waals surface area contributed by atoms with Crippen molar-refractivity contribution in [2.45, 2.75) is 30.3 Å². The molecule has 0 bridgehead atoms. The number of hydrogen-bond donors (Lipinski definition) is 5. The molecule has 0 amide bonds. The average Bonchev–Trinajstić information content (AvgIpc) is 2.93. The molecule has 2 heterocycles. The largest absolute Gasteiger partial charge is 0.446 e. The third kappa shape index (κ3) is 2.80. The summed E-state index contributed by atoms with van der Waals surface area (Å²) in [5.74, 6) is -2.55. The molecule has 1 aliphatic heterocycles. The zero-order valence-corrected chi connectivity index (χ0v) is 10.2. The number of imidazole rings is 1. The minimum atomic E-state index is -2.55. The van der Waals surface area contributed by atoms with Crippen molar-refractivity contribution in [3.63, 3.8) is 0 Å². The summed E-state index contributed by atoms with van der Waals surface area (Å²) < 4.78 is 10.7. The summed E-state index contributed by atoms with van der Waals surface area (Å²) in [5, 5.41) is 38.1. The molecule has 20 heavy (non-hydrogen) atoms. The van der Waals surface area contributed by atoms with E-state index in [0.29, 0.717) is 0 Å². The Morgan fingerprint density at radius 3 is 2.75 bits per heavy atom. The van der Waals surface area contributed by atoms with Crippen molar-refractivity contribution < 1.29 is 34.7 Å². The first kappa shape index (κ1) is 14.8. The van der Waals surface area contributed by atoms with E-state index in [1.807, 2.05) is 0 Å². The van der Waals surface area contributed by atoms with Gasteiger partial charge >= 0.3 is 6.09 Å². The molecule has 1 aliphatic rings. The highest BCUT2D eigenvalue weighted by Crippen LogP contribution is 2.24. The number of aliphatic hydroxyl groups is 4. The molecule has 112 valence electrons. The number of ether oxygens (including phenoxy) is 2. The van der Waals surface area contributed by atoms with Crippen molar-refractivity contribution in [1.29, 1.82) is 0 Å². The molecule has 0 aliphatic carbocycles. The van der Waals surface area contributed by atoms with Crippen LogP contribution >= 0.6 is 0 Å². The maximum absolute atomic E-state index is 11.5. The molecule has 0 radical (unpaired) electrons. The SMILES string of the molecule is NC1(O)OC(COC(=O)n2ccnc2)C(O)C(O)C1O. The molecular weight excluding hydrogens is 274 g/mol. The van der Waals surface area contributed by atoms with E-state index in [0.717, 1.165) is 4.57 Å². The van der Waals surface area contributed by atoms with Crippen LogP contribution in [0.15, 0.2) is 18.7 Å². The predicted molar refractivity (Wildman–Crippen MR) is 61.0 cm³/mol. The van der Waals surface area contributed by atoms with Gasteiger partial charge in [0, 0.05) is 12.4 Å². The predicted octanol–water partition coefficient (Wildman–Crippen LogP) is -3.05. The van der Waals surface area contributed by atoms with Crippen LogP contribution in [0.3, 0.4) is 0 Å². The van der Waals surface area contributed by atoms with Crippen molar-refractivity contribution in [2.24, 2.45) is 5.73 Å². The van der Waals surface area contributed by atoms with Crippen molar-refractivity contribution in [1.82, 2.24) is 9.55 Å². The van der Waals surface area contributed by atoms with Gasteiger partial charge in [-0.1, -0.05) is 0 Å². The Morgan fingerprint density at radius 2 is 2.15 bits per heavy atom. The molecule has 1 aromatic heterocycles. The zero-order valence-electron chi connectivity index (χ0n) is 10.2. The van der Waals surface area contributed by atoms with Crippen LogP contribution in [-0.4, -0.2) is 73.0 Å². The van der Waals surface area contributed by atoms with Crippen LogP contribution < -0.4 is 5.73 Å². The van der Waals surface area contributed by atoms with Crippen LogP contribution in [0.25, 0.3) is 0 Å². The summed E-state index contributed by atoms with van der Waals surface area (Å²) in [7, 11) is 0. The third-order valence-electron chi connectivity index (χ3n) is 2.90. The van der Waals surface area contributed by atoms with Gasteiger partial charge in [-0.2, -0.15) is 0 Å². The van der Waals surface area contributed by atoms with Gasteiger partial charge in [-0.15, -0.1) is 0 Å². The van der Waals surface area contributed by atoms with Crippen molar-refractivity contribution in [2.75, 3.05) is 6.61 Å². The highest BCUT2D eigenvalue weighted by Gasteiger charge is 2.51. The van der Waals surface area contributed by atoms with Crippen LogP contribution in [0.5, 0.6) is 0 Å². The van der Waals surface area contributed by atoms with E-state index < -0.39 is 43.0 Å². The Kier molecular flexibility index (Phi) is 4.04. The first-order valence-electron chi connectivity index (χ1n) is 5.71. The van der Waals surface area contributed by atoms with Gasteiger partial charge in [0.2, 0.25) is 0 Å². The Labute approximate surface area is 113 Å². The van der Waals surface area contributed by atoms with Gasteiger partial charge in [-0.3, -0.25) is 5.73 Å². The summed E-state index contributed by atoms with van der Waals surface area (Å²) in [6.45, 7) is -0.485. The highest BCUT2D eigenvalue weighted by atomic mass is 16.7.